The number of pyridine rings is 1. The number of hydrogen-bond donors (Lipinski definition) is 3. The standard InChI is InChI=1S/C43H53N3O7S/c1-5-23-52-43-40(54-34-18-15-31(16-19-34)45-29(3)49)26-38(46-50-4)36-24-30(12-6-8-21-47)35(14-7-9-22-48)41(42(36)43)37-25-33(17-20-39(37)53-43)51-27-32-13-10-11-28(2)44-32/h5,10-11,13,15-20,24-25,30,35,40-42,47-48H,1,6-9,12,14,21-23,26-27H2,2-4H3,(H,45,49)/t30-,35+,40-,41+,42+,43+/m0/s1. The summed E-state index contributed by atoms with van der Waals surface area (Å²) in [4.78, 5) is 22.9. The summed E-state index contributed by atoms with van der Waals surface area (Å²) in [6, 6.07) is 19.8. The Morgan fingerprint density at radius 3 is 2.57 bits per heavy atom. The largest absolute Gasteiger partial charge is 0.487 e. The quantitative estimate of drug-likeness (QED) is 0.0672. The molecular weight excluding hydrogens is 703 g/mol. The van der Waals surface area contributed by atoms with E-state index in [0.29, 0.717) is 19.4 Å². The van der Waals surface area contributed by atoms with E-state index in [-0.39, 0.29) is 54.6 Å². The van der Waals surface area contributed by atoms with E-state index in [4.69, 9.17) is 19.0 Å². The summed E-state index contributed by atoms with van der Waals surface area (Å²) in [6.07, 6.45) is 9.67. The number of carbonyl (C=O) groups excluding carboxylic acids is 1. The van der Waals surface area contributed by atoms with Gasteiger partial charge in [0.15, 0.2) is 0 Å². The fraction of sp³-hybridized carbons (Fsp3) is 0.465. The van der Waals surface area contributed by atoms with E-state index in [0.717, 1.165) is 82.4 Å². The zero-order chi connectivity index (χ0) is 38.1. The van der Waals surface area contributed by atoms with Crippen LogP contribution in [0.5, 0.6) is 11.5 Å². The molecule has 1 aliphatic heterocycles. The molecule has 2 heterocycles. The number of amides is 1. The van der Waals surface area contributed by atoms with Crippen molar-refractivity contribution in [2.24, 2.45) is 22.9 Å². The summed E-state index contributed by atoms with van der Waals surface area (Å²) >= 11 is 1.67. The van der Waals surface area contributed by atoms with E-state index in [2.05, 4.69) is 34.2 Å². The van der Waals surface area contributed by atoms with Crippen molar-refractivity contribution < 1.29 is 34.1 Å². The number of ether oxygens (including phenoxy) is 3. The monoisotopic (exact) mass is 755 g/mol. The summed E-state index contributed by atoms with van der Waals surface area (Å²) in [6.45, 7) is 8.39. The van der Waals surface area contributed by atoms with Crippen molar-refractivity contribution in [3.63, 3.8) is 0 Å². The molecule has 11 heteroatoms. The van der Waals surface area contributed by atoms with Crippen LogP contribution in [0.15, 0.2) is 95.0 Å². The molecule has 0 bridgehead atoms. The average Bonchev–Trinajstić information content (AvgIpc) is 3.16. The van der Waals surface area contributed by atoms with Crippen LogP contribution in [0.25, 0.3) is 0 Å². The van der Waals surface area contributed by atoms with E-state index >= 15 is 0 Å². The molecule has 288 valence electrons. The van der Waals surface area contributed by atoms with Gasteiger partial charge in [-0.3, -0.25) is 9.78 Å². The number of thioether (sulfide) groups is 1. The Balaban J connectivity index is 1.49. The molecule has 3 N–H and O–H groups in total. The van der Waals surface area contributed by atoms with Crippen molar-refractivity contribution in [3.05, 3.63) is 102 Å². The van der Waals surface area contributed by atoms with Gasteiger partial charge in [-0.1, -0.05) is 36.2 Å². The van der Waals surface area contributed by atoms with Gasteiger partial charge in [0.25, 0.3) is 0 Å². The Hall–Kier alpha value is -4.16. The number of carbonyl (C=O) groups is 1. The first-order chi connectivity index (χ1) is 26.3. The molecule has 6 rings (SSSR count). The number of unbranched alkanes of at least 4 members (excludes halogenated alkanes) is 2. The third kappa shape index (κ3) is 8.86. The van der Waals surface area contributed by atoms with Crippen LogP contribution >= 0.6 is 11.8 Å². The summed E-state index contributed by atoms with van der Waals surface area (Å²) in [5.74, 6) is 0.303. The lowest BCUT2D eigenvalue weighted by Gasteiger charge is -2.58. The number of rotatable bonds is 18. The van der Waals surface area contributed by atoms with Gasteiger partial charge in [-0.25, -0.2) is 0 Å². The van der Waals surface area contributed by atoms with Gasteiger partial charge in [-0.05, 0) is 105 Å². The predicted molar refractivity (Wildman–Crippen MR) is 212 cm³/mol. The zero-order valence-electron chi connectivity index (χ0n) is 31.5. The van der Waals surface area contributed by atoms with Gasteiger partial charge in [-0.2, -0.15) is 0 Å². The van der Waals surface area contributed by atoms with Crippen LogP contribution in [0.1, 0.15) is 74.7 Å². The number of fused-ring (bicyclic) bond motifs is 2. The van der Waals surface area contributed by atoms with Gasteiger partial charge in [-0.15, -0.1) is 18.3 Å². The fourth-order valence-electron chi connectivity index (χ4n) is 8.45. The molecule has 2 aliphatic carbocycles. The number of hydrogen-bond acceptors (Lipinski definition) is 10. The van der Waals surface area contributed by atoms with E-state index < -0.39 is 5.79 Å². The van der Waals surface area contributed by atoms with E-state index in [1.807, 2.05) is 61.5 Å². The lowest BCUT2D eigenvalue weighted by atomic mass is 9.56. The highest BCUT2D eigenvalue weighted by Crippen LogP contribution is 2.63. The van der Waals surface area contributed by atoms with Crippen LogP contribution in [-0.2, 0) is 21.0 Å². The van der Waals surface area contributed by atoms with Crippen molar-refractivity contribution in [2.75, 3.05) is 32.2 Å². The highest BCUT2D eigenvalue weighted by molar-refractivity contribution is 8.00. The van der Waals surface area contributed by atoms with Crippen molar-refractivity contribution in [2.45, 2.75) is 87.3 Å². The molecule has 3 aliphatic rings. The second-order valence-corrected chi connectivity index (χ2v) is 15.6. The van der Waals surface area contributed by atoms with Crippen molar-refractivity contribution in [1.82, 2.24) is 4.98 Å². The molecule has 1 fully saturated rings. The highest BCUT2D eigenvalue weighted by Gasteiger charge is 2.64. The molecular formula is C43H53N3O7S. The first kappa shape index (κ1) is 39.5. The molecule has 3 aromatic rings. The minimum Gasteiger partial charge on any atom is -0.487 e. The van der Waals surface area contributed by atoms with Gasteiger partial charge < -0.3 is 34.6 Å². The van der Waals surface area contributed by atoms with E-state index in [9.17, 15) is 15.0 Å². The molecule has 2 aromatic carbocycles. The molecule has 1 saturated carbocycles. The van der Waals surface area contributed by atoms with Crippen molar-refractivity contribution in [1.29, 1.82) is 0 Å². The van der Waals surface area contributed by atoms with Crippen molar-refractivity contribution in [3.8, 4) is 11.5 Å². The van der Waals surface area contributed by atoms with Crippen molar-refractivity contribution >= 4 is 29.1 Å². The number of aromatic nitrogens is 1. The first-order valence-electron chi connectivity index (χ1n) is 19.0. The van der Waals surface area contributed by atoms with Gasteiger partial charge in [0.1, 0.15) is 25.2 Å². The van der Waals surface area contributed by atoms with Gasteiger partial charge in [0.2, 0.25) is 11.7 Å². The molecule has 6 atom stereocenters. The first-order valence-corrected chi connectivity index (χ1v) is 19.9. The number of allylic oxidation sites excluding steroid dienone is 1. The number of aryl methyl sites for hydroxylation is 1. The maximum atomic E-state index is 11.7. The Bertz CT molecular complexity index is 1810. The minimum atomic E-state index is -1.11. The zero-order valence-corrected chi connectivity index (χ0v) is 32.4. The Morgan fingerprint density at radius 1 is 1.09 bits per heavy atom. The van der Waals surface area contributed by atoms with Gasteiger partial charge in [0, 0.05) is 54.3 Å². The second kappa shape index (κ2) is 18.4. The number of nitrogens with zero attached hydrogens (tertiary/aromatic N) is 2. The average molecular weight is 756 g/mol. The normalized spacial score (nSPS) is 24.8. The summed E-state index contributed by atoms with van der Waals surface area (Å²) in [5.41, 5.74) is 5.51. The Kier molecular flexibility index (Phi) is 13.5. The van der Waals surface area contributed by atoms with Crippen LogP contribution in [0.2, 0.25) is 0 Å². The number of anilines is 1. The third-order valence-electron chi connectivity index (χ3n) is 10.6. The molecule has 0 radical (unpaired) electrons. The number of nitrogens with one attached hydrogen (secondary N) is 1. The fourth-order valence-corrected chi connectivity index (χ4v) is 9.74. The topological polar surface area (TPSA) is 132 Å². The highest BCUT2D eigenvalue weighted by atomic mass is 32.2. The van der Waals surface area contributed by atoms with Crippen LogP contribution in [0.4, 0.5) is 5.69 Å². The summed E-state index contributed by atoms with van der Waals surface area (Å²) < 4.78 is 20.7. The number of aliphatic hydroxyl groups is 2. The number of oxime groups is 1. The van der Waals surface area contributed by atoms with Crippen LogP contribution in [-0.4, -0.2) is 64.8 Å². The van der Waals surface area contributed by atoms with Gasteiger partial charge >= 0.3 is 0 Å². The lowest BCUT2D eigenvalue weighted by molar-refractivity contribution is -0.223. The maximum absolute atomic E-state index is 11.7. The summed E-state index contributed by atoms with van der Waals surface area (Å²) in [5, 5.41) is 26.9. The molecule has 0 saturated heterocycles. The minimum absolute atomic E-state index is 0.0513. The van der Waals surface area contributed by atoms with E-state index in [1.165, 1.54) is 6.92 Å². The number of benzene rings is 2. The van der Waals surface area contributed by atoms with Crippen LogP contribution in [0.3, 0.4) is 0 Å². The smallest absolute Gasteiger partial charge is 0.231 e. The van der Waals surface area contributed by atoms with Crippen LogP contribution in [0, 0.1) is 24.7 Å². The van der Waals surface area contributed by atoms with E-state index in [1.54, 1.807) is 24.9 Å². The molecule has 10 nitrogen and oxygen atoms in total. The molecule has 0 spiro atoms. The Labute approximate surface area is 323 Å². The number of aliphatic hydroxyl groups excluding tert-OH is 2. The van der Waals surface area contributed by atoms with Crippen LogP contribution < -0.4 is 14.8 Å². The maximum Gasteiger partial charge on any atom is 0.231 e. The molecule has 0 unspecified atom stereocenters. The SMILES string of the molecule is C=CCO[C@@]12Oc3ccc(OCc4cccc(C)n4)cc3[C@H]3[C@H](CCCCO)[C@@H](CCCCO)C=C(C(=NOC)C[C@@H]1Sc1ccc(NC(C)=O)cc1)[C@H]32. The van der Waals surface area contributed by atoms with Gasteiger partial charge in [0.05, 0.1) is 29.2 Å². The summed E-state index contributed by atoms with van der Waals surface area (Å²) in [7, 11) is 1.59. The molecule has 54 heavy (non-hydrogen) atoms. The Morgan fingerprint density at radius 2 is 1.87 bits per heavy atom. The lowest BCUT2D eigenvalue weighted by Crippen LogP contribution is -2.64. The second-order valence-electron chi connectivity index (χ2n) is 14.3. The molecule has 1 amide bonds. The molecule has 1 aromatic heterocycles. The third-order valence-corrected chi connectivity index (χ3v) is 11.9. The predicted octanol–water partition coefficient (Wildman–Crippen LogP) is 7.98.